The predicted octanol–water partition coefficient (Wildman–Crippen LogP) is 2.04. The number of likely N-dealkylation sites (tertiary alicyclic amines) is 1. The third-order valence-electron chi connectivity index (χ3n) is 5.43. The number of ether oxygens (including phenoxy) is 1. The zero-order chi connectivity index (χ0) is 23.4. The number of carbonyl (C=O) groups is 2. The fraction of sp³-hybridized carbons (Fsp3) is 0.280. The van der Waals surface area contributed by atoms with E-state index in [1.807, 2.05) is 36.4 Å². The first-order valence-corrected chi connectivity index (χ1v) is 10.7. The highest BCUT2D eigenvalue weighted by atomic mass is 16.5. The number of benzene rings is 2. The number of carbonyl (C=O) groups excluding carboxylic acids is 2. The van der Waals surface area contributed by atoms with Gasteiger partial charge in [-0.25, -0.2) is 0 Å². The molecule has 1 aromatic heterocycles. The van der Waals surface area contributed by atoms with E-state index in [0.717, 1.165) is 21.9 Å². The third-order valence-corrected chi connectivity index (χ3v) is 5.43. The van der Waals surface area contributed by atoms with Gasteiger partial charge in [-0.2, -0.15) is 5.26 Å². The minimum absolute atomic E-state index is 0.0169. The van der Waals surface area contributed by atoms with Gasteiger partial charge < -0.3 is 19.9 Å². The highest BCUT2D eigenvalue weighted by molar-refractivity contribution is 5.92. The molecule has 0 saturated carbocycles. The van der Waals surface area contributed by atoms with Crippen LogP contribution in [0.15, 0.2) is 54.9 Å². The molecule has 2 heterocycles. The second-order valence-electron chi connectivity index (χ2n) is 8.32. The molecule has 2 aromatic carbocycles. The standard InChI is InChI=1S/C25H25N5O3/c1-29(2)16-24(31)28-13-25(32)30-14-21(15-30)33-23-10-20(9-19-6-7-27-12-22(19)23)18-5-3-4-17(8-18)11-26/h3-10,12,21H,13-16H2,1-2H3,(H,28,31). The summed E-state index contributed by atoms with van der Waals surface area (Å²) in [5.41, 5.74) is 2.46. The molecule has 1 fully saturated rings. The summed E-state index contributed by atoms with van der Waals surface area (Å²) in [5.74, 6) is 0.378. The summed E-state index contributed by atoms with van der Waals surface area (Å²) in [5, 5.41) is 13.7. The van der Waals surface area contributed by atoms with Gasteiger partial charge in [-0.3, -0.25) is 14.6 Å². The lowest BCUT2D eigenvalue weighted by Gasteiger charge is -2.39. The number of likely N-dealkylation sites (N-methyl/N-ethyl adjacent to an activating group) is 1. The van der Waals surface area contributed by atoms with E-state index in [1.165, 1.54) is 0 Å². The van der Waals surface area contributed by atoms with E-state index >= 15 is 0 Å². The number of rotatable bonds is 7. The van der Waals surface area contributed by atoms with Crippen LogP contribution in [0.25, 0.3) is 21.9 Å². The fourth-order valence-electron chi connectivity index (χ4n) is 3.72. The summed E-state index contributed by atoms with van der Waals surface area (Å²) in [4.78, 5) is 31.7. The lowest BCUT2D eigenvalue weighted by molar-refractivity contribution is -0.140. The van der Waals surface area contributed by atoms with Crippen molar-refractivity contribution in [2.45, 2.75) is 6.10 Å². The summed E-state index contributed by atoms with van der Waals surface area (Å²) >= 11 is 0. The average Bonchev–Trinajstić information content (AvgIpc) is 2.79. The molecule has 0 atom stereocenters. The second kappa shape index (κ2) is 9.67. The molecule has 0 radical (unpaired) electrons. The van der Waals surface area contributed by atoms with Crippen LogP contribution < -0.4 is 10.1 Å². The second-order valence-corrected chi connectivity index (χ2v) is 8.32. The Morgan fingerprint density at radius 1 is 1.21 bits per heavy atom. The van der Waals surface area contributed by atoms with Crippen LogP contribution in [0.4, 0.5) is 0 Å². The van der Waals surface area contributed by atoms with Crippen molar-refractivity contribution in [2.24, 2.45) is 0 Å². The predicted molar refractivity (Wildman–Crippen MR) is 124 cm³/mol. The molecule has 0 spiro atoms. The van der Waals surface area contributed by atoms with Crippen LogP contribution in [0, 0.1) is 11.3 Å². The number of pyridine rings is 1. The van der Waals surface area contributed by atoms with Crippen LogP contribution in [0.5, 0.6) is 5.75 Å². The van der Waals surface area contributed by atoms with Crippen LogP contribution >= 0.6 is 0 Å². The Bertz CT molecular complexity index is 1230. The Kier molecular flexibility index (Phi) is 6.52. The molecule has 3 aromatic rings. The highest BCUT2D eigenvalue weighted by Gasteiger charge is 2.32. The summed E-state index contributed by atoms with van der Waals surface area (Å²) in [6.07, 6.45) is 3.35. The Morgan fingerprint density at radius 3 is 2.79 bits per heavy atom. The molecule has 8 heteroatoms. The van der Waals surface area contributed by atoms with Gasteiger partial charge in [-0.1, -0.05) is 12.1 Å². The van der Waals surface area contributed by atoms with Crippen molar-refractivity contribution in [3.05, 3.63) is 60.4 Å². The first-order chi connectivity index (χ1) is 15.9. The SMILES string of the molecule is CN(C)CC(=O)NCC(=O)N1CC(Oc2cc(-c3cccc(C#N)c3)cc3ccncc23)C1. The molecule has 1 N–H and O–H groups in total. The van der Waals surface area contributed by atoms with Crippen LogP contribution in [0.3, 0.4) is 0 Å². The smallest absolute Gasteiger partial charge is 0.242 e. The topological polar surface area (TPSA) is 98.6 Å². The van der Waals surface area contributed by atoms with E-state index in [9.17, 15) is 14.9 Å². The quantitative estimate of drug-likeness (QED) is 0.600. The molecule has 168 valence electrons. The monoisotopic (exact) mass is 443 g/mol. The molecule has 2 amide bonds. The van der Waals surface area contributed by atoms with Gasteiger partial charge in [0, 0.05) is 17.8 Å². The lowest BCUT2D eigenvalue weighted by atomic mass is 10.00. The van der Waals surface area contributed by atoms with Gasteiger partial charge in [0.1, 0.15) is 11.9 Å². The van der Waals surface area contributed by atoms with Gasteiger partial charge in [0.2, 0.25) is 11.8 Å². The van der Waals surface area contributed by atoms with Crippen molar-refractivity contribution in [2.75, 3.05) is 40.3 Å². The molecule has 4 rings (SSSR count). The van der Waals surface area contributed by atoms with Crippen molar-refractivity contribution < 1.29 is 14.3 Å². The van der Waals surface area contributed by atoms with Crippen LogP contribution in [-0.4, -0.2) is 73.0 Å². The molecule has 8 nitrogen and oxygen atoms in total. The van der Waals surface area contributed by atoms with E-state index in [0.29, 0.717) is 24.4 Å². The summed E-state index contributed by atoms with van der Waals surface area (Å²) in [7, 11) is 3.60. The maximum absolute atomic E-state index is 12.3. The molecule has 1 saturated heterocycles. The van der Waals surface area contributed by atoms with Gasteiger partial charge in [-0.05, 0) is 60.9 Å². The van der Waals surface area contributed by atoms with E-state index in [1.54, 1.807) is 42.4 Å². The van der Waals surface area contributed by atoms with Crippen molar-refractivity contribution in [3.63, 3.8) is 0 Å². The van der Waals surface area contributed by atoms with Gasteiger partial charge in [0.15, 0.2) is 0 Å². The molecular weight excluding hydrogens is 418 g/mol. The normalized spacial score (nSPS) is 13.5. The number of aromatic nitrogens is 1. The van der Waals surface area contributed by atoms with E-state index < -0.39 is 0 Å². The maximum atomic E-state index is 12.3. The van der Waals surface area contributed by atoms with Crippen LogP contribution in [0.2, 0.25) is 0 Å². The molecule has 0 bridgehead atoms. The molecule has 1 aliphatic rings. The van der Waals surface area contributed by atoms with Crippen molar-refractivity contribution in [1.82, 2.24) is 20.1 Å². The molecule has 1 aliphatic heterocycles. The van der Waals surface area contributed by atoms with Crippen molar-refractivity contribution >= 4 is 22.6 Å². The summed E-state index contributed by atoms with van der Waals surface area (Å²) in [6.45, 7) is 1.14. The van der Waals surface area contributed by atoms with Crippen molar-refractivity contribution in [3.8, 4) is 22.9 Å². The van der Waals surface area contributed by atoms with Gasteiger partial charge >= 0.3 is 0 Å². The average molecular weight is 444 g/mol. The number of nitrogens with one attached hydrogen (secondary N) is 1. The largest absolute Gasteiger partial charge is 0.486 e. The van der Waals surface area contributed by atoms with Crippen molar-refractivity contribution in [1.29, 1.82) is 5.26 Å². The molecule has 0 aliphatic carbocycles. The zero-order valence-electron chi connectivity index (χ0n) is 18.6. The van der Waals surface area contributed by atoms with Gasteiger partial charge in [0.05, 0.1) is 37.8 Å². The fourth-order valence-corrected chi connectivity index (χ4v) is 3.72. The highest BCUT2D eigenvalue weighted by Crippen LogP contribution is 2.34. The number of fused-ring (bicyclic) bond motifs is 1. The minimum Gasteiger partial charge on any atom is -0.486 e. The molecule has 0 unspecified atom stereocenters. The number of amides is 2. The molecular formula is C25H25N5O3. The van der Waals surface area contributed by atoms with E-state index in [-0.39, 0.29) is 31.0 Å². The first-order valence-electron chi connectivity index (χ1n) is 10.7. The van der Waals surface area contributed by atoms with E-state index in [4.69, 9.17) is 4.74 Å². The van der Waals surface area contributed by atoms with Gasteiger partial charge in [-0.15, -0.1) is 0 Å². The van der Waals surface area contributed by atoms with Crippen LogP contribution in [0.1, 0.15) is 5.56 Å². The van der Waals surface area contributed by atoms with Crippen LogP contribution in [-0.2, 0) is 9.59 Å². The zero-order valence-corrected chi connectivity index (χ0v) is 18.6. The Hall–Kier alpha value is -3.96. The Balaban J connectivity index is 1.44. The number of nitriles is 1. The van der Waals surface area contributed by atoms with Gasteiger partial charge in [0.25, 0.3) is 0 Å². The minimum atomic E-state index is -0.182. The summed E-state index contributed by atoms with van der Waals surface area (Å²) in [6, 6.07) is 15.5. The lowest BCUT2D eigenvalue weighted by Crippen LogP contribution is -2.58. The Morgan fingerprint density at radius 2 is 2.03 bits per heavy atom. The number of nitrogens with zero attached hydrogens (tertiary/aromatic N) is 4. The Labute approximate surface area is 192 Å². The first kappa shape index (κ1) is 22.2. The van der Waals surface area contributed by atoms with E-state index in [2.05, 4.69) is 16.4 Å². The summed E-state index contributed by atoms with van der Waals surface area (Å²) < 4.78 is 6.25. The third kappa shape index (κ3) is 5.27. The number of hydrogen-bond acceptors (Lipinski definition) is 6. The number of hydrogen-bond donors (Lipinski definition) is 1. The maximum Gasteiger partial charge on any atom is 0.242 e. The molecule has 33 heavy (non-hydrogen) atoms.